The zero-order valence-electron chi connectivity index (χ0n) is 16.0. The van der Waals surface area contributed by atoms with E-state index in [1.165, 1.54) is 19.3 Å². The van der Waals surface area contributed by atoms with Crippen LogP contribution in [0.25, 0.3) is 0 Å². The number of rotatable bonds is 7. The largest absolute Gasteiger partial charge is 0.490 e. The molecule has 0 aliphatic heterocycles. The molecule has 0 aromatic heterocycles. The van der Waals surface area contributed by atoms with E-state index < -0.39 is 23.4 Å². The number of hydrogen-bond donors (Lipinski definition) is 2. The van der Waals surface area contributed by atoms with Crippen LogP contribution in [0.3, 0.4) is 0 Å². The Morgan fingerprint density at radius 3 is 2.41 bits per heavy atom. The van der Waals surface area contributed by atoms with Crippen molar-refractivity contribution in [3.63, 3.8) is 0 Å². The predicted octanol–water partition coefficient (Wildman–Crippen LogP) is 3.72. The summed E-state index contributed by atoms with van der Waals surface area (Å²) < 4.78 is 32.4. The number of halogens is 2. The van der Waals surface area contributed by atoms with E-state index in [2.05, 4.69) is 10.6 Å². The van der Waals surface area contributed by atoms with Crippen LogP contribution in [0.15, 0.2) is 42.5 Å². The fraction of sp³-hybridized carbons (Fsp3) is 0.364. The molecule has 2 N–H and O–H groups in total. The van der Waals surface area contributed by atoms with Crippen LogP contribution in [-0.2, 0) is 11.3 Å². The van der Waals surface area contributed by atoms with Gasteiger partial charge in [0, 0.05) is 18.2 Å². The minimum absolute atomic E-state index is 0.178. The van der Waals surface area contributed by atoms with Gasteiger partial charge in [-0.1, -0.05) is 18.6 Å². The summed E-state index contributed by atoms with van der Waals surface area (Å²) in [6, 6.07) is 10.0. The standard InChI is InChI=1S/C22H24F2N2O3/c23-17-10-16(11-18(24)12-17)22(28)26-14-21(27)25-13-15-5-4-8-20(9-15)29-19-6-2-1-3-7-19/h4-5,8-12,19H,1-3,6-7,13-14H2,(H,25,27)(H,26,28). The highest BCUT2D eigenvalue weighted by atomic mass is 19.1. The average Bonchev–Trinajstić information content (AvgIpc) is 2.71. The van der Waals surface area contributed by atoms with E-state index >= 15 is 0 Å². The van der Waals surface area contributed by atoms with Crippen molar-refractivity contribution in [3.8, 4) is 5.75 Å². The first-order valence-corrected chi connectivity index (χ1v) is 9.76. The molecule has 3 rings (SSSR count). The second kappa shape index (κ2) is 10.0. The Morgan fingerprint density at radius 1 is 0.966 bits per heavy atom. The summed E-state index contributed by atoms with van der Waals surface area (Å²) in [4.78, 5) is 23.9. The maximum absolute atomic E-state index is 13.2. The second-order valence-electron chi connectivity index (χ2n) is 7.14. The Hall–Kier alpha value is -2.96. The van der Waals surface area contributed by atoms with Gasteiger partial charge in [-0.3, -0.25) is 9.59 Å². The zero-order valence-corrected chi connectivity index (χ0v) is 16.0. The SMILES string of the molecule is O=C(CNC(=O)c1cc(F)cc(F)c1)NCc1cccc(OC2CCCCC2)c1. The normalized spacial score (nSPS) is 14.3. The highest BCUT2D eigenvalue weighted by Gasteiger charge is 2.15. The third-order valence-electron chi connectivity index (χ3n) is 4.78. The Labute approximate surface area is 168 Å². The molecule has 2 aromatic rings. The first kappa shape index (κ1) is 20.8. The summed E-state index contributed by atoms with van der Waals surface area (Å²) in [5.74, 6) is -2.05. The van der Waals surface area contributed by atoms with Crippen molar-refractivity contribution in [2.24, 2.45) is 0 Å². The van der Waals surface area contributed by atoms with Gasteiger partial charge in [-0.25, -0.2) is 8.78 Å². The van der Waals surface area contributed by atoms with Crippen LogP contribution in [-0.4, -0.2) is 24.5 Å². The smallest absolute Gasteiger partial charge is 0.251 e. The number of ether oxygens (including phenoxy) is 1. The van der Waals surface area contributed by atoms with Gasteiger partial charge in [0.25, 0.3) is 5.91 Å². The Balaban J connectivity index is 1.45. The van der Waals surface area contributed by atoms with Gasteiger partial charge in [0.05, 0.1) is 12.6 Å². The van der Waals surface area contributed by atoms with Crippen LogP contribution in [0.1, 0.15) is 48.0 Å². The fourth-order valence-electron chi connectivity index (χ4n) is 3.31. The molecule has 2 amide bonds. The minimum Gasteiger partial charge on any atom is -0.490 e. The molecule has 0 radical (unpaired) electrons. The molecule has 0 bridgehead atoms. The lowest BCUT2D eigenvalue weighted by Gasteiger charge is -2.23. The van der Waals surface area contributed by atoms with Crippen molar-refractivity contribution >= 4 is 11.8 Å². The van der Waals surface area contributed by atoms with Crippen molar-refractivity contribution in [1.82, 2.24) is 10.6 Å². The van der Waals surface area contributed by atoms with Crippen LogP contribution in [0, 0.1) is 11.6 Å². The Bertz CT molecular complexity index is 847. The first-order valence-electron chi connectivity index (χ1n) is 9.76. The molecule has 1 saturated carbocycles. The molecule has 154 valence electrons. The Morgan fingerprint density at radius 2 is 1.69 bits per heavy atom. The number of carbonyl (C=O) groups is 2. The summed E-state index contributed by atoms with van der Waals surface area (Å²) >= 11 is 0. The molecular formula is C22H24F2N2O3. The van der Waals surface area contributed by atoms with Crippen molar-refractivity contribution in [3.05, 3.63) is 65.2 Å². The molecule has 7 heteroatoms. The van der Waals surface area contributed by atoms with Crippen molar-refractivity contribution in [1.29, 1.82) is 0 Å². The van der Waals surface area contributed by atoms with Gasteiger partial charge < -0.3 is 15.4 Å². The van der Waals surface area contributed by atoms with Crippen LogP contribution < -0.4 is 15.4 Å². The lowest BCUT2D eigenvalue weighted by molar-refractivity contribution is -0.120. The van der Waals surface area contributed by atoms with Gasteiger partial charge in [0.1, 0.15) is 17.4 Å². The maximum atomic E-state index is 13.2. The zero-order chi connectivity index (χ0) is 20.6. The number of amides is 2. The van der Waals surface area contributed by atoms with Gasteiger partial charge in [0.15, 0.2) is 0 Å². The van der Waals surface area contributed by atoms with Crippen LogP contribution >= 0.6 is 0 Å². The van der Waals surface area contributed by atoms with Gasteiger partial charge >= 0.3 is 0 Å². The molecule has 1 aliphatic rings. The van der Waals surface area contributed by atoms with Gasteiger partial charge in [-0.15, -0.1) is 0 Å². The molecule has 5 nitrogen and oxygen atoms in total. The molecule has 2 aromatic carbocycles. The molecule has 1 aliphatic carbocycles. The van der Waals surface area contributed by atoms with E-state index in [9.17, 15) is 18.4 Å². The third kappa shape index (κ3) is 6.55. The summed E-state index contributed by atoms with van der Waals surface area (Å²) in [5, 5.41) is 5.05. The van der Waals surface area contributed by atoms with Gasteiger partial charge in [-0.2, -0.15) is 0 Å². The van der Waals surface area contributed by atoms with Crippen LogP contribution in [0.2, 0.25) is 0 Å². The van der Waals surface area contributed by atoms with Crippen LogP contribution in [0.4, 0.5) is 8.78 Å². The van der Waals surface area contributed by atoms with E-state index in [0.29, 0.717) is 6.07 Å². The molecule has 0 unspecified atom stereocenters. The quantitative estimate of drug-likeness (QED) is 0.742. The average molecular weight is 402 g/mol. The van der Waals surface area contributed by atoms with Crippen molar-refractivity contribution < 1.29 is 23.1 Å². The van der Waals surface area contributed by atoms with E-state index in [1.54, 1.807) is 0 Å². The van der Waals surface area contributed by atoms with E-state index in [-0.39, 0.29) is 24.8 Å². The molecule has 0 heterocycles. The lowest BCUT2D eigenvalue weighted by atomic mass is 9.98. The molecule has 1 fully saturated rings. The predicted molar refractivity (Wildman–Crippen MR) is 104 cm³/mol. The summed E-state index contributed by atoms with van der Waals surface area (Å²) in [6.07, 6.45) is 6.02. The van der Waals surface area contributed by atoms with E-state index in [0.717, 1.165) is 36.3 Å². The van der Waals surface area contributed by atoms with Crippen molar-refractivity contribution in [2.75, 3.05) is 6.54 Å². The lowest BCUT2D eigenvalue weighted by Crippen LogP contribution is -2.36. The second-order valence-corrected chi connectivity index (χ2v) is 7.14. The topological polar surface area (TPSA) is 67.4 Å². The number of benzene rings is 2. The van der Waals surface area contributed by atoms with Crippen LogP contribution in [0.5, 0.6) is 5.75 Å². The molecule has 0 spiro atoms. The number of nitrogens with one attached hydrogen (secondary N) is 2. The highest BCUT2D eigenvalue weighted by Crippen LogP contribution is 2.23. The number of carbonyl (C=O) groups excluding carboxylic acids is 2. The number of hydrogen-bond acceptors (Lipinski definition) is 3. The van der Waals surface area contributed by atoms with Crippen molar-refractivity contribution in [2.45, 2.75) is 44.8 Å². The molecule has 0 atom stereocenters. The maximum Gasteiger partial charge on any atom is 0.251 e. The molecule has 0 saturated heterocycles. The minimum atomic E-state index is -0.852. The fourth-order valence-corrected chi connectivity index (χ4v) is 3.31. The summed E-state index contributed by atoms with van der Waals surface area (Å²) in [5.41, 5.74) is 0.702. The monoisotopic (exact) mass is 402 g/mol. The highest BCUT2D eigenvalue weighted by molar-refractivity contribution is 5.96. The Kier molecular flexibility index (Phi) is 7.16. The summed E-state index contributed by atoms with van der Waals surface area (Å²) in [6.45, 7) is -0.0135. The summed E-state index contributed by atoms with van der Waals surface area (Å²) in [7, 11) is 0. The van der Waals surface area contributed by atoms with E-state index in [4.69, 9.17) is 4.74 Å². The van der Waals surface area contributed by atoms with Gasteiger partial charge in [0.2, 0.25) is 5.91 Å². The van der Waals surface area contributed by atoms with E-state index in [1.807, 2.05) is 24.3 Å². The van der Waals surface area contributed by atoms with Gasteiger partial charge in [-0.05, 0) is 55.5 Å². The third-order valence-corrected chi connectivity index (χ3v) is 4.78. The molecular weight excluding hydrogens is 378 g/mol. The molecule has 29 heavy (non-hydrogen) atoms. The first-order chi connectivity index (χ1) is 14.0.